The van der Waals surface area contributed by atoms with Gasteiger partial charge in [0.1, 0.15) is 5.82 Å². The number of piperazine rings is 1. The summed E-state index contributed by atoms with van der Waals surface area (Å²) in [5.74, 6) is 1.74. The number of aromatic nitrogens is 4. The molecule has 0 atom stereocenters. The van der Waals surface area contributed by atoms with Gasteiger partial charge in [-0.3, -0.25) is 9.47 Å². The first-order valence-electron chi connectivity index (χ1n) is 10.8. The number of likely N-dealkylation sites (N-methyl/N-ethyl adjacent to an activating group) is 1. The van der Waals surface area contributed by atoms with Crippen LogP contribution in [0.5, 0.6) is 0 Å². The Kier molecular flexibility index (Phi) is 6.70. The molecule has 0 unspecified atom stereocenters. The van der Waals surface area contributed by atoms with Crippen LogP contribution in [-0.2, 0) is 19.0 Å². The number of hydrogen-bond acceptors (Lipinski definition) is 7. The van der Waals surface area contributed by atoms with E-state index in [1.165, 1.54) is 10.3 Å². The molecule has 32 heavy (non-hydrogen) atoms. The van der Waals surface area contributed by atoms with Crippen molar-refractivity contribution in [3.63, 3.8) is 0 Å². The maximum Gasteiger partial charge on any atom is 0.199 e. The van der Waals surface area contributed by atoms with Crippen LogP contribution in [0.3, 0.4) is 0 Å². The topological polar surface area (TPSA) is 42.1 Å². The zero-order chi connectivity index (χ0) is 21.9. The van der Waals surface area contributed by atoms with E-state index in [1.54, 1.807) is 23.1 Å². The summed E-state index contributed by atoms with van der Waals surface area (Å²) in [7, 11) is 2.18. The number of fused-ring (bicyclic) bond motifs is 1. The van der Waals surface area contributed by atoms with Crippen molar-refractivity contribution in [2.45, 2.75) is 23.3 Å². The van der Waals surface area contributed by atoms with Gasteiger partial charge in [-0.2, -0.15) is 5.10 Å². The lowest BCUT2D eigenvalue weighted by Crippen LogP contribution is -2.45. The predicted molar refractivity (Wildman–Crippen MR) is 135 cm³/mol. The van der Waals surface area contributed by atoms with Crippen molar-refractivity contribution in [1.29, 1.82) is 0 Å². The second kappa shape index (κ2) is 9.84. The van der Waals surface area contributed by atoms with Crippen LogP contribution in [0.1, 0.15) is 11.4 Å². The highest BCUT2D eigenvalue weighted by Crippen LogP contribution is 2.31. The fourth-order valence-corrected chi connectivity index (χ4v) is 6.10. The summed E-state index contributed by atoms with van der Waals surface area (Å²) in [6.07, 6.45) is 0. The van der Waals surface area contributed by atoms with E-state index in [1.807, 2.05) is 16.8 Å². The van der Waals surface area contributed by atoms with Crippen LogP contribution in [0.2, 0.25) is 0 Å². The molecule has 0 aliphatic carbocycles. The number of para-hydroxylation sites is 1. The maximum atomic E-state index is 5.89. The van der Waals surface area contributed by atoms with E-state index < -0.39 is 0 Å². The van der Waals surface area contributed by atoms with E-state index in [0.717, 1.165) is 65.6 Å². The Bertz CT molecular complexity index is 1200. The van der Waals surface area contributed by atoms with Gasteiger partial charge in [0.05, 0.1) is 29.2 Å². The average molecular weight is 483 g/mol. The molecule has 2 aromatic carbocycles. The third-order valence-corrected chi connectivity index (χ3v) is 8.32. The molecule has 1 aliphatic heterocycles. The van der Waals surface area contributed by atoms with Gasteiger partial charge in [0.25, 0.3) is 0 Å². The number of thioether (sulfide) groups is 1. The van der Waals surface area contributed by atoms with Gasteiger partial charge in [-0.15, -0.1) is 11.3 Å². The molecule has 6 nitrogen and oxygen atoms in total. The quantitative estimate of drug-likeness (QED) is 0.284. The Balaban J connectivity index is 1.39. The van der Waals surface area contributed by atoms with Gasteiger partial charge >= 0.3 is 0 Å². The van der Waals surface area contributed by atoms with Gasteiger partial charge in [0.2, 0.25) is 0 Å². The Morgan fingerprint density at radius 1 is 1.00 bits per heavy atom. The summed E-state index contributed by atoms with van der Waals surface area (Å²) in [6.45, 7) is 5.72. The molecule has 4 aromatic rings. The minimum Gasteiger partial charge on any atom is -0.304 e. The van der Waals surface area contributed by atoms with Gasteiger partial charge in [-0.05, 0) is 37.0 Å². The molecule has 1 aliphatic rings. The first-order valence-corrected chi connectivity index (χ1v) is 13.0. The highest BCUT2D eigenvalue weighted by molar-refractivity contribution is 8.00. The van der Waals surface area contributed by atoms with E-state index in [-0.39, 0.29) is 0 Å². The summed E-state index contributed by atoms with van der Waals surface area (Å²) in [5.41, 5.74) is 2.29. The van der Waals surface area contributed by atoms with Crippen LogP contribution in [0.25, 0.3) is 10.2 Å². The summed E-state index contributed by atoms with van der Waals surface area (Å²) in [5, 5.41) is 4.96. The van der Waals surface area contributed by atoms with Crippen LogP contribution in [-0.4, -0.2) is 62.4 Å². The van der Waals surface area contributed by atoms with Crippen molar-refractivity contribution >= 4 is 45.5 Å². The van der Waals surface area contributed by atoms with E-state index in [4.69, 9.17) is 22.3 Å². The fraction of sp³-hybridized carbons (Fsp3) is 0.348. The SMILES string of the molecule is CN1CCN(Cn2nc(CSc3nc4ccccc4s3)n(Cc3ccccc3)c2=S)CC1. The highest BCUT2D eigenvalue weighted by Gasteiger charge is 2.18. The smallest absolute Gasteiger partial charge is 0.199 e. The van der Waals surface area contributed by atoms with Crippen molar-refractivity contribution in [2.24, 2.45) is 0 Å². The Hall–Kier alpha value is -2.04. The minimum atomic E-state index is 0.734. The first-order chi connectivity index (χ1) is 15.7. The molecule has 0 bridgehead atoms. The molecule has 1 saturated heterocycles. The molecule has 9 heteroatoms. The Morgan fingerprint density at radius 2 is 1.75 bits per heavy atom. The van der Waals surface area contributed by atoms with Gasteiger partial charge < -0.3 is 4.90 Å². The summed E-state index contributed by atoms with van der Waals surface area (Å²) >= 11 is 9.36. The molecule has 0 saturated carbocycles. The second-order valence-electron chi connectivity index (χ2n) is 8.07. The van der Waals surface area contributed by atoms with Crippen LogP contribution >= 0.6 is 35.3 Å². The van der Waals surface area contributed by atoms with E-state index >= 15 is 0 Å². The molecule has 0 N–H and O–H groups in total. The van der Waals surface area contributed by atoms with Crippen molar-refractivity contribution in [1.82, 2.24) is 29.1 Å². The average Bonchev–Trinajstić information content (AvgIpc) is 3.36. The maximum absolute atomic E-state index is 5.89. The van der Waals surface area contributed by atoms with Crippen molar-refractivity contribution < 1.29 is 0 Å². The lowest BCUT2D eigenvalue weighted by atomic mass is 10.2. The normalized spacial score (nSPS) is 15.5. The molecular weight excluding hydrogens is 456 g/mol. The monoisotopic (exact) mass is 482 g/mol. The largest absolute Gasteiger partial charge is 0.304 e. The molecule has 0 spiro atoms. The standard InChI is InChI=1S/C23H26N6S3/c1-26-11-13-27(14-12-26)17-29-23(30)28(15-18-7-3-2-4-8-18)21(25-29)16-31-22-24-19-9-5-6-10-20(19)32-22/h2-10H,11-17H2,1H3. The molecule has 166 valence electrons. The molecule has 1 fully saturated rings. The van der Waals surface area contributed by atoms with Gasteiger partial charge in [0, 0.05) is 26.2 Å². The summed E-state index contributed by atoms with van der Waals surface area (Å²) in [4.78, 5) is 9.57. The highest BCUT2D eigenvalue weighted by atomic mass is 32.2. The van der Waals surface area contributed by atoms with Crippen molar-refractivity contribution in [3.8, 4) is 0 Å². The zero-order valence-corrected chi connectivity index (χ0v) is 20.5. The predicted octanol–water partition coefficient (Wildman–Crippen LogP) is 4.57. The molecule has 5 rings (SSSR count). The second-order valence-corrected chi connectivity index (χ2v) is 10.7. The number of hydrogen-bond donors (Lipinski definition) is 0. The third-order valence-electron chi connectivity index (χ3n) is 5.71. The molecule has 0 radical (unpaired) electrons. The number of thiazole rings is 1. The van der Waals surface area contributed by atoms with Crippen LogP contribution in [0.4, 0.5) is 0 Å². The van der Waals surface area contributed by atoms with Crippen LogP contribution in [0.15, 0.2) is 58.9 Å². The molecule has 3 heterocycles. The van der Waals surface area contributed by atoms with Crippen molar-refractivity contribution in [2.75, 3.05) is 33.2 Å². The molecule has 2 aromatic heterocycles. The number of nitrogens with zero attached hydrogens (tertiary/aromatic N) is 6. The van der Waals surface area contributed by atoms with E-state index in [2.05, 4.69) is 63.9 Å². The summed E-state index contributed by atoms with van der Waals surface area (Å²) < 4.78 is 7.25. The number of rotatable bonds is 7. The Morgan fingerprint density at radius 3 is 2.53 bits per heavy atom. The molecular formula is C23H26N6S3. The van der Waals surface area contributed by atoms with Gasteiger partial charge in [-0.25, -0.2) is 9.67 Å². The lowest BCUT2D eigenvalue weighted by Gasteiger charge is -2.31. The number of benzene rings is 2. The minimum absolute atomic E-state index is 0.734. The van der Waals surface area contributed by atoms with E-state index in [9.17, 15) is 0 Å². The van der Waals surface area contributed by atoms with Crippen LogP contribution < -0.4 is 0 Å². The van der Waals surface area contributed by atoms with Crippen molar-refractivity contribution in [3.05, 3.63) is 70.8 Å². The first kappa shape index (κ1) is 21.8. The van der Waals surface area contributed by atoms with Gasteiger partial charge in [0.15, 0.2) is 9.11 Å². The van der Waals surface area contributed by atoms with Gasteiger partial charge in [-0.1, -0.05) is 54.2 Å². The summed E-state index contributed by atoms with van der Waals surface area (Å²) in [6, 6.07) is 18.8. The lowest BCUT2D eigenvalue weighted by molar-refractivity contribution is 0.118. The van der Waals surface area contributed by atoms with Crippen LogP contribution in [0, 0.1) is 4.77 Å². The molecule has 0 amide bonds. The third kappa shape index (κ3) is 4.97. The Labute approximate surface area is 201 Å². The van der Waals surface area contributed by atoms with E-state index in [0.29, 0.717) is 0 Å². The zero-order valence-electron chi connectivity index (χ0n) is 18.1. The fourth-order valence-electron chi connectivity index (χ4n) is 3.83.